The highest BCUT2D eigenvalue weighted by Crippen LogP contribution is 2.46. The van der Waals surface area contributed by atoms with Gasteiger partial charge in [-0.1, -0.05) is 32.0 Å². The van der Waals surface area contributed by atoms with E-state index in [4.69, 9.17) is 0 Å². The van der Waals surface area contributed by atoms with E-state index < -0.39 is 5.92 Å². The van der Waals surface area contributed by atoms with Crippen LogP contribution in [0.5, 0.6) is 0 Å². The van der Waals surface area contributed by atoms with Crippen molar-refractivity contribution in [3.63, 3.8) is 0 Å². The van der Waals surface area contributed by atoms with Gasteiger partial charge >= 0.3 is 0 Å². The number of benzene rings is 1. The number of anilines is 1. The summed E-state index contributed by atoms with van der Waals surface area (Å²) in [6, 6.07) is 13.5. The molecule has 31 heavy (non-hydrogen) atoms. The molecular formula is C25H27N3O2S. The van der Waals surface area contributed by atoms with Crippen LogP contribution in [0.15, 0.2) is 76.1 Å². The standard InChI is InChI=1S/C25H27N3O2S/c1-15-21(24(30)28-20-7-5-6-12-26-20)22(16-8-10-17(31-4)11-9-16)23-18(27-15)13-25(2,3)14-19(23)29/h5-12,22,27H,13-14H2,1-4H3,(H,26,28,30). The van der Waals surface area contributed by atoms with E-state index in [1.54, 1.807) is 30.1 Å². The second-order valence-corrected chi connectivity index (χ2v) is 9.75. The van der Waals surface area contributed by atoms with Crippen LogP contribution in [-0.4, -0.2) is 22.9 Å². The molecule has 4 rings (SSSR count). The second-order valence-electron chi connectivity index (χ2n) is 8.87. The van der Waals surface area contributed by atoms with Crippen molar-refractivity contribution in [1.29, 1.82) is 0 Å². The fourth-order valence-electron chi connectivity index (χ4n) is 4.49. The molecule has 1 amide bonds. The maximum absolute atomic E-state index is 13.4. The highest BCUT2D eigenvalue weighted by molar-refractivity contribution is 7.98. The summed E-state index contributed by atoms with van der Waals surface area (Å²) in [4.78, 5) is 32.1. The molecule has 2 aliphatic rings. The molecule has 160 valence electrons. The molecular weight excluding hydrogens is 406 g/mol. The summed E-state index contributed by atoms with van der Waals surface area (Å²) in [5, 5.41) is 6.30. The van der Waals surface area contributed by atoms with E-state index in [1.165, 1.54) is 0 Å². The number of nitrogens with zero attached hydrogens (tertiary/aromatic N) is 1. The number of aromatic nitrogens is 1. The highest BCUT2D eigenvalue weighted by atomic mass is 32.2. The molecule has 1 aliphatic heterocycles. The summed E-state index contributed by atoms with van der Waals surface area (Å²) in [7, 11) is 0. The van der Waals surface area contributed by atoms with Crippen LogP contribution in [-0.2, 0) is 9.59 Å². The fourth-order valence-corrected chi connectivity index (χ4v) is 4.90. The molecule has 1 aromatic carbocycles. The largest absolute Gasteiger partial charge is 0.362 e. The van der Waals surface area contributed by atoms with Gasteiger partial charge in [0, 0.05) is 46.0 Å². The summed E-state index contributed by atoms with van der Waals surface area (Å²) >= 11 is 1.67. The molecule has 5 nitrogen and oxygen atoms in total. The van der Waals surface area contributed by atoms with Crippen LogP contribution < -0.4 is 10.6 Å². The van der Waals surface area contributed by atoms with Crippen LogP contribution in [0.1, 0.15) is 45.1 Å². The highest BCUT2D eigenvalue weighted by Gasteiger charge is 2.42. The van der Waals surface area contributed by atoms with Crippen molar-refractivity contribution in [3.05, 3.63) is 76.8 Å². The number of amides is 1. The number of rotatable bonds is 4. The van der Waals surface area contributed by atoms with Crippen LogP contribution in [0.25, 0.3) is 0 Å². The van der Waals surface area contributed by atoms with Crippen LogP contribution in [0, 0.1) is 5.41 Å². The lowest BCUT2D eigenvalue weighted by Gasteiger charge is -2.39. The molecule has 6 heteroatoms. The van der Waals surface area contributed by atoms with E-state index in [9.17, 15) is 9.59 Å². The topological polar surface area (TPSA) is 71.1 Å². The normalized spacial score (nSPS) is 20.3. The van der Waals surface area contributed by atoms with Crippen LogP contribution in [0.3, 0.4) is 0 Å². The van der Waals surface area contributed by atoms with Crippen molar-refractivity contribution in [2.75, 3.05) is 11.6 Å². The van der Waals surface area contributed by atoms with E-state index in [2.05, 4.69) is 29.5 Å². The van der Waals surface area contributed by atoms with Gasteiger partial charge in [0.15, 0.2) is 5.78 Å². The number of Topliss-reactive ketones (excluding diaryl/α,β-unsaturated/α-hetero) is 1. The summed E-state index contributed by atoms with van der Waals surface area (Å²) in [5.41, 5.74) is 3.83. The van der Waals surface area contributed by atoms with Crippen LogP contribution in [0.4, 0.5) is 5.82 Å². The average Bonchev–Trinajstić information content (AvgIpc) is 2.72. The average molecular weight is 434 g/mol. The number of nitrogens with one attached hydrogen (secondary N) is 2. The van der Waals surface area contributed by atoms with Crippen molar-refractivity contribution in [1.82, 2.24) is 10.3 Å². The van der Waals surface area contributed by atoms with Gasteiger partial charge in [-0.3, -0.25) is 9.59 Å². The minimum Gasteiger partial charge on any atom is -0.362 e. The van der Waals surface area contributed by atoms with Gasteiger partial charge in [-0.25, -0.2) is 4.98 Å². The van der Waals surface area contributed by atoms with Gasteiger partial charge in [-0.15, -0.1) is 11.8 Å². The van der Waals surface area contributed by atoms with Crippen molar-refractivity contribution < 1.29 is 9.59 Å². The first-order valence-electron chi connectivity index (χ1n) is 10.4. The summed E-state index contributed by atoms with van der Waals surface area (Å²) in [6.45, 7) is 6.13. The molecule has 0 bridgehead atoms. The Morgan fingerprint density at radius 2 is 1.90 bits per heavy atom. The smallest absolute Gasteiger partial charge is 0.255 e. The Bertz CT molecular complexity index is 1090. The van der Waals surface area contributed by atoms with Crippen molar-refractivity contribution in [2.24, 2.45) is 5.41 Å². The third-order valence-electron chi connectivity index (χ3n) is 5.84. The van der Waals surface area contributed by atoms with Crippen molar-refractivity contribution in [2.45, 2.75) is 44.4 Å². The molecule has 0 spiro atoms. The Kier molecular flexibility index (Phi) is 5.75. The zero-order valence-corrected chi connectivity index (χ0v) is 19.1. The molecule has 1 atom stereocenters. The third kappa shape index (κ3) is 4.30. The number of ketones is 1. The van der Waals surface area contributed by atoms with Gasteiger partial charge in [0.25, 0.3) is 5.91 Å². The van der Waals surface area contributed by atoms with Gasteiger partial charge in [0.1, 0.15) is 5.82 Å². The Morgan fingerprint density at radius 3 is 2.55 bits per heavy atom. The van der Waals surface area contributed by atoms with E-state index in [0.29, 0.717) is 23.4 Å². The lowest BCUT2D eigenvalue weighted by molar-refractivity contribution is -0.118. The quantitative estimate of drug-likeness (QED) is 0.661. The number of carbonyl (C=O) groups is 2. The number of allylic oxidation sites excluding steroid dienone is 3. The predicted molar refractivity (Wildman–Crippen MR) is 125 cm³/mol. The van der Waals surface area contributed by atoms with Crippen LogP contribution >= 0.6 is 11.8 Å². The lowest BCUT2D eigenvalue weighted by atomic mass is 9.68. The number of thioether (sulfide) groups is 1. The van der Waals surface area contributed by atoms with Gasteiger partial charge < -0.3 is 10.6 Å². The summed E-state index contributed by atoms with van der Waals surface area (Å²) in [5.74, 6) is -0.0558. The molecule has 1 aliphatic carbocycles. The molecule has 0 fully saturated rings. The molecule has 0 saturated carbocycles. The first-order valence-corrected chi connectivity index (χ1v) is 11.6. The first kappa shape index (κ1) is 21.4. The summed E-state index contributed by atoms with van der Waals surface area (Å²) in [6.07, 6.45) is 4.92. The monoisotopic (exact) mass is 433 g/mol. The molecule has 0 radical (unpaired) electrons. The molecule has 2 aromatic rings. The molecule has 2 heterocycles. The Labute approximate surface area is 187 Å². The molecule has 1 unspecified atom stereocenters. The SMILES string of the molecule is CSc1ccc(C2C(C(=O)Nc3ccccn3)=C(C)NC3=C2C(=O)CC(C)(C)C3)cc1. The van der Waals surface area contributed by atoms with Crippen LogP contribution in [0.2, 0.25) is 0 Å². The minimum absolute atomic E-state index is 0.105. The summed E-state index contributed by atoms with van der Waals surface area (Å²) < 4.78 is 0. The minimum atomic E-state index is -0.403. The predicted octanol–water partition coefficient (Wildman–Crippen LogP) is 5.05. The van der Waals surface area contributed by atoms with Gasteiger partial charge in [0.2, 0.25) is 0 Å². The van der Waals surface area contributed by atoms with E-state index in [0.717, 1.165) is 28.3 Å². The number of hydrogen-bond donors (Lipinski definition) is 2. The zero-order valence-electron chi connectivity index (χ0n) is 18.3. The van der Waals surface area contributed by atoms with Crippen molar-refractivity contribution in [3.8, 4) is 0 Å². The third-order valence-corrected chi connectivity index (χ3v) is 6.58. The fraction of sp³-hybridized carbons (Fsp3) is 0.320. The Balaban J connectivity index is 1.80. The number of hydrogen-bond acceptors (Lipinski definition) is 5. The molecule has 0 saturated heterocycles. The van der Waals surface area contributed by atoms with Gasteiger partial charge in [-0.2, -0.15) is 0 Å². The number of pyridine rings is 1. The zero-order chi connectivity index (χ0) is 22.2. The molecule has 2 N–H and O–H groups in total. The Morgan fingerprint density at radius 1 is 1.16 bits per heavy atom. The maximum atomic E-state index is 13.4. The maximum Gasteiger partial charge on any atom is 0.255 e. The van der Waals surface area contributed by atoms with Gasteiger partial charge in [-0.05, 0) is 54.8 Å². The van der Waals surface area contributed by atoms with E-state index in [1.807, 2.05) is 43.5 Å². The first-order chi connectivity index (χ1) is 14.8. The van der Waals surface area contributed by atoms with Crippen molar-refractivity contribution >= 4 is 29.3 Å². The van der Waals surface area contributed by atoms with E-state index >= 15 is 0 Å². The van der Waals surface area contributed by atoms with E-state index in [-0.39, 0.29) is 17.1 Å². The lowest BCUT2D eigenvalue weighted by Crippen LogP contribution is -2.39. The van der Waals surface area contributed by atoms with Gasteiger partial charge in [0.05, 0.1) is 0 Å². The Hall–Kier alpha value is -2.86. The number of carbonyl (C=O) groups excluding carboxylic acids is 2. The second kappa shape index (κ2) is 8.35. The molecule has 1 aromatic heterocycles. The number of dihydropyridines is 1.